The maximum atomic E-state index is 13.5. The first-order valence-corrected chi connectivity index (χ1v) is 7.46. The van der Waals surface area contributed by atoms with Gasteiger partial charge in [0.05, 0.1) is 17.0 Å². The summed E-state index contributed by atoms with van der Waals surface area (Å²) in [4.78, 5) is 6.73. The van der Waals surface area contributed by atoms with Gasteiger partial charge in [0.25, 0.3) is 0 Å². The monoisotopic (exact) mass is 373 g/mol. The van der Waals surface area contributed by atoms with Crippen LogP contribution in [0, 0.1) is 5.82 Å². The SMILES string of the molecule is CN1C=C(c2cc(Cl)ccn2)N(c2ccc(F)c(C(F)(F)F)c2)C1O. The Morgan fingerprint density at radius 2 is 1.92 bits per heavy atom. The molecule has 3 rings (SSSR count). The number of aliphatic hydroxyl groups excluding tert-OH is 1. The zero-order valence-electron chi connectivity index (χ0n) is 12.8. The molecular formula is C16H12ClF4N3O. The standard InChI is InChI=1S/C16H12ClF4N3O/c1-23-8-14(13-6-9(17)4-5-22-13)24(15(23)25)10-2-3-12(18)11(7-10)16(19,20)21/h2-8,15,25H,1H3. The second-order valence-electron chi connectivity index (χ2n) is 5.42. The van der Waals surface area contributed by atoms with Crippen molar-refractivity contribution in [1.29, 1.82) is 0 Å². The number of aliphatic hydroxyl groups is 1. The Kier molecular flexibility index (Phi) is 4.34. The van der Waals surface area contributed by atoms with E-state index in [1.165, 1.54) is 28.3 Å². The molecule has 0 radical (unpaired) electrons. The number of hydrogen-bond acceptors (Lipinski definition) is 4. The van der Waals surface area contributed by atoms with Crippen LogP contribution < -0.4 is 4.90 Å². The first-order valence-electron chi connectivity index (χ1n) is 7.08. The van der Waals surface area contributed by atoms with E-state index in [-0.39, 0.29) is 5.69 Å². The molecule has 0 bridgehead atoms. The van der Waals surface area contributed by atoms with Crippen LogP contribution in [0.4, 0.5) is 23.2 Å². The molecule has 4 nitrogen and oxygen atoms in total. The van der Waals surface area contributed by atoms with Crippen molar-refractivity contribution in [3.05, 3.63) is 64.8 Å². The lowest BCUT2D eigenvalue weighted by atomic mass is 10.1. The number of halogens is 5. The van der Waals surface area contributed by atoms with Crippen molar-refractivity contribution in [3.63, 3.8) is 0 Å². The molecule has 9 heteroatoms. The molecule has 1 aliphatic heterocycles. The van der Waals surface area contributed by atoms with Crippen LogP contribution in [0.3, 0.4) is 0 Å². The molecule has 1 aromatic heterocycles. The van der Waals surface area contributed by atoms with Crippen LogP contribution in [0.2, 0.25) is 5.02 Å². The van der Waals surface area contributed by atoms with Gasteiger partial charge in [-0.3, -0.25) is 9.88 Å². The Balaban J connectivity index is 2.10. The van der Waals surface area contributed by atoms with Gasteiger partial charge in [0, 0.05) is 30.2 Å². The number of rotatable bonds is 2. The lowest BCUT2D eigenvalue weighted by Gasteiger charge is -2.28. The Morgan fingerprint density at radius 3 is 2.56 bits per heavy atom. The van der Waals surface area contributed by atoms with Crippen LogP contribution in [0.1, 0.15) is 11.3 Å². The van der Waals surface area contributed by atoms with Gasteiger partial charge in [-0.1, -0.05) is 11.6 Å². The highest BCUT2D eigenvalue weighted by Crippen LogP contribution is 2.38. The third kappa shape index (κ3) is 3.27. The summed E-state index contributed by atoms with van der Waals surface area (Å²) in [6.07, 6.45) is -3.18. The molecule has 0 spiro atoms. The van der Waals surface area contributed by atoms with E-state index in [0.717, 1.165) is 6.07 Å². The van der Waals surface area contributed by atoms with Crippen molar-refractivity contribution in [3.8, 4) is 0 Å². The molecule has 0 amide bonds. The summed E-state index contributed by atoms with van der Waals surface area (Å²) in [5.41, 5.74) is -0.755. The van der Waals surface area contributed by atoms with Gasteiger partial charge in [0.1, 0.15) is 5.82 Å². The number of anilines is 1. The predicted molar refractivity (Wildman–Crippen MR) is 84.9 cm³/mol. The van der Waals surface area contributed by atoms with E-state index in [4.69, 9.17) is 11.6 Å². The third-order valence-corrected chi connectivity index (χ3v) is 3.93. The highest BCUT2D eigenvalue weighted by Gasteiger charge is 2.37. The highest BCUT2D eigenvalue weighted by atomic mass is 35.5. The molecule has 0 saturated heterocycles. The summed E-state index contributed by atoms with van der Waals surface area (Å²) in [5.74, 6) is -1.38. The van der Waals surface area contributed by atoms with E-state index < -0.39 is 23.9 Å². The molecular weight excluding hydrogens is 362 g/mol. The molecule has 1 unspecified atom stereocenters. The largest absolute Gasteiger partial charge is 0.419 e. The van der Waals surface area contributed by atoms with Crippen molar-refractivity contribution >= 4 is 23.0 Å². The zero-order chi connectivity index (χ0) is 18.4. The fourth-order valence-electron chi connectivity index (χ4n) is 2.52. The zero-order valence-corrected chi connectivity index (χ0v) is 13.6. The Bertz CT molecular complexity index is 840. The van der Waals surface area contributed by atoms with Gasteiger partial charge in [0.2, 0.25) is 6.35 Å². The minimum absolute atomic E-state index is 0.0291. The first kappa shape index (κ1) is 17.5. The van der Waals surface area contributed by atoms with Gasteiger partial charge < -0.3 is 10.0 Å². The summed E-state index contributed by atoms with van der Waals surface area (Å²) >= 11 is 5.94. The van der Waals surface area contributed by atoms with E-state index in [0.29, 0.717) is 28.5 Å². The van der Waals surface area contributed by atoms with E-state index >= 15 is 0 Å². The van der Waals surface area contributed by atoms with E-state index in [1.807, 2.05) is 0 Å². The number of nitrogens with zero attached hydrogens (tertiary/aromatic N) is 3. The second-order valence-corrected chi connectivity index (χ2v) is 5.85. The van der Waals surface area contributed by atoms with E-state index in [9.17, 15) is 22.7 Å². The molecule has 132 valence electrons. The molecule has 1 atom stereocenters. The minimum atomic E-state index is -4.85. The lowest BCUT2D eigenvalue weighted by Crippen LogP contribution is -2.37. The lowest BCUT2D eigenvalue weighted by molar-refractivity contribution is -0.139. The smallest absolute Gasteiger partial charge is 0.356 e. The molecule has 2 aromatic rings. The van der Waals surface area contributed by atoms with Gasteiger partial charge in [-0.2, -0.15) is 13.2 Å². The predicted octanol–water partition coefficient (Wildman–Crippen LogP) is 3.92. The maximum absolute atomic E-state index is 13.5. The summed E-state index contributed by atoms with van der Waals surface area (Å²) in [7, 11) is 1.55. The van der Waals surface area contributed by atoms with Crippen LogP contribution in [0.25, 0.3) is 5.70 Å². The summed E-state index contributed by atoms with van der Waals surface area (Å²) < 4.78 is 52.5. The van der Waals surface area contributed by atoms with Crippen molar-refractivity contribution in [2.75, 3.05) is 11.9 Å². The molecule has 1 N–H and O–H groups in total. The Hall–Kier alpha value is -2.32. The number of benzene rings is 1. The van der Waals surface area contributed by atoms with Crippen molar-refractivity contribution < 1.29 is 22.7 Å². The Morgan fingerprint density at radius 1 is 1.20 bits per heavy atom. The van der Waals surface area contributed by atoms with Crippen LogP contribution in [0.15, 0.2) is 42.7 Å². The van der Waals surface area contributed by atoms with Crippen LogP contribution >= 0.6 is 11.6 Å². The number of pyridine rings is 1. The maximum Gasteiger partial charge on any atom is 0.419 e. The Labute approximate surface area is 145 Å². The normalized spacial score (nSPS) is 17.9. The fraction of sp³-hybridized carbons (Fsp3) is 0.188. The van der Waals surface area contributed by atoms with Gasteiger partial charge in [-0.25, -0.2) is 4.39 Å². The van der Waals surface area contributed by atoms with Crippen molar-refractivity contribution in [2.45, 2.75) is 12.5 Å². The quantitative estimate of drug-likeness (QED) is 0.810. The summed E-state index contributed by atoms with van der Waals surface area (Å²) in [6, 6.07) is 5.58. The number of aromatic nitrogens is 1. The minimum Gasteiger partial charge on any atom is -0.356 e. The van der Waals surface area contributed by atoms with E-state index in [2.05, 4.69) is 4.98 Å². The molecule has 0 saturated carbocycles. The van der Waals surface area contributed by atoms with Gasteiger partial charge in [-0.05, 0) is 30.3 Å². The van der Waals surface area contributed by atoms with Crippen LogP contribution in [0.5, 0.6) is 0 Å². The topological polar surface area (TPSA) is 39.6 Å². The molecule has 1 aromatic carbocycles. The van der Waals surface area contributed by atoms with Gasteiger partial charge in [0.15, 0.2) is 0 Å². The van der Waals surface area contributed by atoms with Crippen LogP contribution in [-0.4, -0.2) is 28.4 Å². The molecule has 1 aliphatic rings. The van der Waals surface area contributed by atoms with Gasteiger partial charge in [-0.15, -0.1) is 0 Å². The van der Waals surface area contributed by atoms with Crippen LogP contribution in [-0.2, 0) is 6.18 Å². The number of alkyl halides is 3. The first-order chi connectivity index (χ1) is 11.7. The van der Waals surface area contributed by atoms with Crippen molar-refractivity contribution in [2.24, 2.45) is 0 Å². The third-order valence-electron chi connectivity index (χ3n) is 3.70. The average molecular weight is 374 g/mol. The molecule has 0 aliphatic carbocycles. The summed E-state index contributed by atoms with van der Waals surface area (Å²) in [5, 5.41) is 10.7. The molecule has 0 fully saturated rings. The fourth-order valence-corrected chi connectivity index (χ4v) is 2.68. The second kappa shape index (κ2) is 6.20. The number of hydrogen-bond donors (Lipinski definition) is 1. The highest BCUT2D eigenvalue weighted by molar-refractivity contribution is 6.30. The summed E-state index contributed by atoms with van der Waals surface area (Å²) in [6.45, 7) is 0. The van der Waals surface area contributed by atoms with Crippen molar-refractivity contribution in [1.82, 2.24) is 9.88 Å². The van der Waals surface area contributed by atoms with Gasteiger partial charge >= 0.3 is 6.18 Å². The average Bonchev–Trinajstić information content (AvgIpc) is 2.83. The molecule has 2 heterocycles. The molecule has 25 heavy (non-hydrogen) atoms. The van der Waals surface area contributed by atoms with E-state index in [1.54, 1.807) is 13.1 Å².